The van der Waals surface area contributed by atoms with Gasteiger partial charge in [-0.1, -0.05) is 23.8 Å². The molecule has 6 nitrogen and oxygen atoms in total. The molecule has 0 spiro atoms. The van der Waals surface area contributed by atoms with Gasteiger partial charge in [-0.25, -0.2) is 4.79 Å². The lowest BCUT2D eigenvalue weighted by Gasteiger charge is -2.30. The Morgan fingerprint density at radius 2 is 1.80 bits per heavy atom. The monoisotopic (exact) mass is 395 g/mol. The van der Waals surface area contributed by atoms with E-state index in [-0.39, 0.29) is 18.3 Å². The smallest absolute Gasteiger partial charge is 0.337 e. The van der Waals surface area contributed by atoms with Crippen molar-refractivity contribution in [3.8, 4) is 5.75 Å². The lowest BCUT2D eigenvalue weighted by atomic mass is 9.78. The molecule has 2 aliphatic rings. The van der Waals surface area contributed by atoms with E-state index in [1.54, 1.807) is 18.5 Å². The van der Waals surface area contributed by atoms with Crippen molar-refractivity contribution in [3.05, 3.63) is 82.8 Å². The summed E-state index contributed by atoms with van der Waals surface area (Å²) >= 11 is 0. The van der Waals surface area contributed by atoms with Gasteiger partial charge in [0.2, 0.25) is 0 Å². The molecule has 0 bridgehead atoms. The molecule has 2 aromatic carbocycles. The third-order valence-electron chi connectivity index (χ3n) is 5.91. The van der Waals surface area contributed by atoms with E-state index in [4.69, 9.17) is 4.74 Å². The van der Waals surface area contributed by atoms with Crippen LogP contribution in [0, 0.1) is 6.92 Å². The van der Waals surface area contributed by atoms with Gasteiger partial charge in [0.25, 0.3) is 0 Å². The second kappa shape index (κ2) is 6.03. The minimum absolute atomic E-state index is 0.147. The van der Waals surface area contributed by atoms with Crippen molar-refractivity contribution in [3.63, 3.8) is 0 Å². The van der Waals surface area contributed by atoms with E-state index < -0.39 is 5.92 Å². The summed E-state index contributed by atoms with van der Waals surface area (Å²) in [4.78, 5) is 22.0. The minimum atomic E-state index is -0.470. The predicted molar refractivity (Wildman–Crippen MR) is 113 cm³/mol. The fraction of sp³-hybridized carbons (Fsp3) is 0.125. The Morgan fingerprint density at radius 1 is 1.07 bits per heavy atom. The van der Waals surface area contributed by atoms with Crippen molar-refractivity contribution in [2.24, 2.45) is 0 Å². The number of aryl methyl sites for hydroxylation is 1. The van der Waals surface area contributed by atoms with E-state index in [0.29, 0.717) is 11.1 Å². The van der Waals surface area contributed by atoms with Gasteiger partial charge in [-0.15, -0.1) is 0 Å². The van der Waals surface area contributed by atoms with Gasteiger partial charge in [0.15, 0.2) is 0 Å². The molecule has 4 aromatic rings. The summed E-state index contributed by atoms with van der Waals surface area (Å²) in [5.41, 5.74) is 6.28. The van der Waals surface area contributed by atoms with Crippen molar-refractivity contribution in [1.29, 1.82) is 0 Å². The average molecular weight is 395 g/mol. The number of nitrogens with one attached hydrogen (secondary N) is 1. The van der Waals surface area contributed by atoms with E-state index in [9.17, 15) is 9.90 Å². The molecular formula is C24H17N3O3. The van der Waals surface area contributed by atoms with Crippen molar-refractivity contribution in [1.82, 2.24) is 9.97 Å². The Kier molecular flexibility index (Phi) is 3.41. The Morgan fingerprint density at radius 3 is 2.60 bits per heavy atom. The van der Waals surface area contributed by atoms with Gasteiger partial charge >= 0.3 is 5.97 Å². The minimum Gasteiger partial charge on any atom is -0.508 e. The SMILES string of the molecule is Cc1ccc(O)c(C2C3=C(COC3=O)Nc3c2c2cccnc2c2ncccc32)c1. The number of nitrogens with zero attached hydrogens (tertiary/aromatic N) is 2. The van der Waals surface area contributed by atoms with Crippen LogP contribution in [0.25, 0.3) is 21.8 Å². The number of anilines is 1. The average Bonchev–Trinajstić information content (AvgIpc) is 3.15. The highest BCUT2D eigenvalue weighted by Crippen LogP contribution is 2.51. The lowest BCUT2D eigenvalue weighted by Crippen LogP contribution is -2.21. The van der Waals surface area contributed by atoms with Crippen LogP contribution in [0.5, 0.6) is 5.75 Å². The number of pyridine rings is 2. The van der Waals surface area contributed by atoms with Crippen molar-refractivity contribution >= 4 is 33.5 Å². The van der Waals surface area contributed by atoms with Crippen LogP contribution in [0.3, 0.4) is 0 Å². The third-order valence-corrected chi connectivity index (χ3v) is 5.91. The first-order valence-corrected chi connectivity index (χ1v) is 9.75. The molecule has 6 rings (SSSR count). The zero-order valence-corrected chi connectivity index (χ0v) is 16.1. The molecular weight excluding hydrogens is 378 g/mol. The molecule has 0 saturated heterocycles. The zero-order chi connectivity index (χ0) is 20.4. The molecule has 1 unspecified atom stereocenters. The normalized spacial score (nSPS) is 17.6. The highest BCUT2D eigenvalue weighted by atomic mass is 16.5. The highest BCUT2D eigenvalue weighted by molar-refractivity contribution is 6.14. The van der Waals surface area contributed by atoms with E-state index >= 15 is 0 Å². The Balaban J connectivity index is 1.80. The third kappa shape index (κ3) is 2.21. The standard InChI is InChI=1S/C24H17N3O3/c1-12-6-7-17(28)15(10-12)18-19-13-4-2-8-25-22(13)23-14(5-3-9-26-23)21(19)27-16-11-30-24(29)20(16)18/h2-10,18,27-28H,11H2,1H3. The summed E-state index contributed by atoms with van der Waals surface area (Å²) in [5, 5.41) is 16.0. The fourth-order valence-electron chi connectivity index (χ4n) is 4.64. The van der Waals surface area contributed by atoms with Crippen LogP contribution >= 0.6 is 0 Å². The molecule has 0 saturated carbocycles. The number of phenolic OH excluding ortho intramolecular Hbond substituents is 1. The number of rotatable bonds is 1. The number of esters is 1. The Bertz CT molecular complexity index is 1420. The van der Waals surface area contributed by atoms with Crippen LogP contribution in [-0.4, -0.2) is 27.7 Å². The van der Waals surface area contributed by atoms with Crippen molar-refractivity contribution in [2.45, 2.75) is 12.8 Å². The maximum Gasteiger partial charge on any atom is 0.337 e. The number of carbonyl (C=O) groups excluding carboxylic acids is 1. The van der Waals surface area contributed by atoms with Crippen LogP contribution in [0.2, 0.25) is 0 Å². The molecule has 30 heavy (non-hydrogen) atoms. The molecule has 0 amide bonds. The molecule has 0 aliphatic carbocycles. The van der Waals surface area contributed by atoms with Gasteiger partial charge in [-0.05, 0) is 36.8 Å². The quantitative estimate of drug-likeness (QED) is 0.372. The number of cyclic esters (lactones) is 1. The summed E-state index contributed by atoms with van der Waals surface area (Å²) in [6.45, 7) is 2.15. The van der Waals surface area contributed by atoms with Gasteiger partial charge in [-0.2, -0.15) is 0 Å². The molecule has 2 N–H and O–H groups in total. The molecule has 2 aliphatic heterocycles. The number of aromatic hydroxyl groups is 1. The summed E-state index contributed by atoms with van der Waals surface area (Å²) in [5.74, 6) is -0.687. The second-order valence-electron chi connectivity index (χ2n) is 7.68. The molecule has 1 atom stereocenters. The molecule has 0 fully saturated rings. The lowest BCUT2D eigenvalue weighted by molar-refractivity contribution is -0.136. The van der Waals surface area contributed by atoms with Gasteiger partial charge in [0.05, 0.1) is 28.0 Å². The second-order valence-corrected chi connectivity index (χ2v) is 7.68. The van der Waals surface area contributed by atoms with Gasteiger partial charge < -0.3 is 15.2 Å². The predicted octanol–water partition coefficient (Wildman–Crippen LogP) is 4.17. The largest absolute Gasteiger partial charge is 0.508 e. The topological polar surface area (TPSA) is 84.3 Å². The van der Waals surface area contributed by atoms with E-state index in [0.717, 1.165) is 44.3 Å². The molecule has 0 radical (unpaired) electrons. The van der Waals surface area contributed by atoms with Crippen molar-refractivity contribution < 1.29 is 14.6 Å². The first kappa shape index (κ1) is 17.0. The number of fused-ring (bicyclic) bond motifs is 6. The van der Waals surface area contributed by atoms with Crippen LogP contribution in [-0.2, 0) is 9.53 Å². The Hall–Kier alpha value is -3.93. The van der Waals surface area contributed by atoms with Crippen LogP contribution in [0.4, 0.5) is 5.69 Å². The van der Waals surface area contributed by atoms with Gasteiger partial charge in [0, 0.05) is 34.6 Å². The highest BCUT2D eigenvalue weighted by Gasteiger charge is 2.41. The molecule has 146 valence electrons. The van der Waals surface area contributed by atoms with Crippen molar-refractivity contribution in [2.75, 3.05) is 11.9 Å². The van der Waals surface area contributed by atoms with E-state index in [1.165, 1.54) is 0 Å². The van der Waals surface area contributed by atoms with E-state index in [1.807, 2.05) is 43.3 Å². The summed E-state index contributed by atoms with van der Waals surface area (Å²) in [6.07, 6.45) is 3.50. The van der Waals surface area contributed by atoms with Gasteiger partial charge in [-0.3, -0.25) is 9.97 Å². The van der Waals surface area contributed by atoms with Crippen LogP contribution < -0.4 is 5.32 Å². The van der Waals surface area contributed by atoms with Crippen LogP contribution in [0.15, 0.2) is 66.1 Å². The maximum absolute atomic E-state index is 12.8. The molecule has 6 heteroatoms. The fourth-order valence-corrected chi connectivity index (χ4v) is 4.64. The molecule has 4 heterocycles. The zero-order valence-electron chi connectivity index (χ0n) is 16.1. The first-order valence-electron chi connectivity index (χ1n) is 9.75. The number of aromatic nitrogens is 2. The number of hydrogen-bond donors (Lipinski definition) is 2. The number of phenols is 1. The molecule has 2 aromatic heterocycles. The number of ether oxygens (including phenoxy) is 1. The number of hydrogen-bond acceptors (Lipinski definition) is 6. The Labute approximate surface area is 171 Å². The summed E-state index contributed by atoms with van der Waals surface area (Å²) < 4.78 is 5.39. The van der Waals surface area contributed by atoms with Crippen LogP contribution in [0.1, 0.15) is 22.6 Å². The first-order chi connectivity index (χ1) is 14.6. The van der Waals surface area contributed by atoms with E-state index in [2.05, 4.69) is 15.3 Å². The summed E-state index contributed by atoms with van der Waals surface area (Å²) in [6, 6.07) is 13.2. The maximum atomic E-state index is 12.8. The van der Waals surface area contributed by atoms with Gasteiger partial charge in [0.1, 0.15) is 12.4 Å². The number of carbonyl (C=O) groups is 1. The number of benzene rings is 2. The summed E-state index contributed by atoms with van der Waals surface area (Å²) in [7, 11) is 0.